The summed E-state index contributed by atoms with van der Waals surface area (Å²) in [5, 5.41) is 0.360. The third-order valence-corrected chi connectivity index (χ3v) is 4.71. The molecule has 0 heterocycles. The van der Waals surface area contributed by atoms with Gasteiger partial charge in [0.2, 0.25) is 0 Å². The average molecular weight is 311 g/mol. The van der Waals surface area contributed by atoms with E-state index in [0.29, 0.717) is 16.3 Å². The first kappa shape index (κ1) is 14.8. The van der Waals surface area contributed by atoms with Gasteiger partial charge in [0.25, 0.3) is 10.0 Å². The van der Waals surface area contributed by atoms with Crippen LogP contribution in [-0.2, 0) is 16.6 Å². The molecule has 0 aliphatic carbocycles. The van der Waals surface area contributed by atoms with E-state index >= 15 is 0 Å². The first-order valence-electron chi connectivity index (χ1n) is 6.01. The lowest BCUT2D eigenvalue weighted by Crippen LogP contribution is -2.17. The highest BCUT2D eigenvalue weighted by Crippen LogP contribution is 2.28. The standard InChI is InChI=1S/C14H15ClN2O2S/c1-10-5-4-7-12(15)14(10)17-20(18,19)13-8-3-2-6-11(13)9-16/h2-8,17H,9,16H2,1H3. The number of benzene rings is 2. The lowest BCUT2D eigenvalue weighted by molar-refractivity contribution is 0.600. The quantitative estimate of drug-likeness (QED) is 0.912. The van der Waals surface area contributed by atoms with Gasteiger partial charge in [0.1, 0.15) is 0 Å². The predicted octanol–water partition coefficient (Wildman–Crippen LogP) is 2.91. The highest BCUT2D eigenvalue weighted by atomic mass is 35.5. The number of nitrogens with two attached hydrogens (primary N) is 1. The van der Waals surface area contributed by atoms with Crippen molar-refractivity contribution in [3.63, 3.8) is 0 Å². The lowest BCUT2D eigenvalue weighted by Gasteiger charge is -2.14. The van der Waals surface area contributed by atoms with Crippen molar-refractivity contribution in [2.75, 3.05) is 4.72 Å². The van der Waals surface area contributed by atoms with E-state index in [1.807, 2.05) is 0 Å². The molecule has 2 aromatic rings. The van der Waals surface area contributed by atoms with Crippen molar-refractivity contribution in [2.24, 2.45) is 5.73 Å². The summed E-state index contributed by atoms with van der Waals surface area (Å²) in [4.78, 5) is 0.168. The SMILES string of the molecule is Cc1cccc(Cl)c1NS(=O)(=O)c1ccccc1CN. The Hall–Kier alpha value is -1.56. The molecule has 0 saturated heterocycles. The number of anilines is 1. The summed E-state index contributed by atoms with van der Waals surface area (Å²) in [6, 6.07) is 11.8. The van der Waals surface area contributed by atoms with E-state index in [4.69, 9.17) is 17.3 Å². The second-order valence-corrected chi connectivity index (χ2v) is 6.41. The number of aryl methyl sites for hydroxylation is 1. The first-order chi connectivity index (χ1) is 9.45. The Morgan fingerprint density at radius 2 is 1.85 bits per heavy atom. The number of para-hydroxylation sites is 1. The van der Waals surface area contributed by atoms with Gasteiger partial charge in [-0.3, -0.25) is 4.72 Å². The molecule has 0 saturated carbocycles. The van der Waals surface area contributed by atoms with Crippen LogP contribution in [0.4, 0.5) is 5.69 Å². The summed E-state index contributed by atoms with van der Waals surface area (Å²) in [6.45, 7) is 1.94. The molecule has 6 heteroatoms. The van der Waals surface area contributed by atoms with Crippen LogP contribution < -0.4 is 10.5 Å². The number of nitrogens with one attached hydrogen (secondary N) is 1. The van der Waals surface area contributed by atoms with Crippen LogP contribution in [0.25, 0.3) is 0 Å². The van der Waals surface area contributed by atoms with E-state index < -0.39 is 10.0 Å². The molecule has 0 spiro atoms. The van der Waals surface area contributed by atoms with Crippen molar-refractivity contribution in [2.45, 2.75) is 18.4 Å². The van der Waals surface area contributed by atoms with Crippen LogP contribution in [0.1, 0.15) is 11.1 Å². The largest absolute Gasteiger partial charge is 0.326 e. The second-order valence-electron chi connectivity index (χ2n) is 4.35. The Bertz CT molecular complexity index is 709. The van der Waals surface area contributed by atoms with Gasteiger partial charge in [-0.1, -0.05) is 41.9 Å². The Morgan fingerprint density at radius 3 is 2.50 bits per heavy atom. The maximum absolute atomic E-state index is 12.5. The molecule has 0 unspecified atom stereocenters. The maximum Gasteiger partial charge on any atom is 0.262 e. The first-order valence-corrected chi connectivity index (χ1v) is 7.87. The number of rotatable bonds is 4. The van der Waals surface area contributed by atoms with Crippen LogP contribution in [0.5, 0.6) is 0 Å². The fourth-order valence-electron chi connectivity index (χ4n) is 1.89. The molecule has 0 radical (unpaired) electrons. The normalized spacial score (nSPS) is 11.3. The fourth-order valence-corrected chi connectivity index (χ4v) is 3.61. The minimum Gasteiger partial charge on any atom is -0.326 e. The summed E-state index contributed by atoms with van der Waals surface area (Å²) < 4.78 is 27.5. The molecule has 4 nitrogen and oxygen atoms in total. The van der Waals surface area contributed by atoms with E-state index in [2.05, 4.69) is 4.72 Å². The summed E-state index contributed by atoms with van der Waals surface area (Å²) in [6.07, 6.45) is 0. The Kier molecular flexibility index (Phi) is 4.32. The maximum atomic E-state index is 12.5. The molecule has 0 bridgehead atoms. The minimum atomic E-state index is -3.72. The third-order valence-electron chi connectivity index (χ3n) is 2.94. The highest BCUT2D eigenvalue weighted by molar-refractivity contribution is 7.92. The third kappa shape index (κ3) is 2.95. The van der Waals surface area contributed by atoms with Crippen molar-refractivity contribution in [3.8, 4) is 0 Å². The number of halogens is 1. The van der Waals surface area contributed by atoms with E-state index in [1.54, 1.807) is 43.3 Å². The second kappa shape index (κ2) is 5.83. The van der Waals surface area contributed by atoms with Gasteiger partial charge in [-0.2, -0.15) is 0 Å². The predicted molar refractivity (Wildman–Crippen MR) is 81.3 cm³/mol. The molecule has 106 valence electrons. The minimum absolute atomic E-state index is 0.151. The van der Waals surface area contributed by atoms with E-state index in [9.17, 15) is 8.42 Å². The molecule has 0 aliphatic rings. The zero-order valence-electron chi connectivity index (χ0n) is 10.9. The van der Waals surface area contributed by atoms with Crippen LogP contribution in [0.3, 0.4) is 0 Å². The van der Waals surface area contributed by atoms with Gasteiger partial charge >= 0.3 is 0 Å². The Labute approximate surface area is 123 Å². The van der Waals surface area contributed by atoms with Crippen LogP contribution in [-0.4, -0.2) is 8.42 Å². The van der Waals surface area contributed by atoms with Crippen molar-refractivity contribution >= 4 is 27.3 Å². The topological polar surface area (TPSA) is 72.2 Å². The molecule has 20 heavy (non-hydrogen) atoms. The van der Waals surface area contributed by atoms with E-state index in [1.165, 1.54) is 6.07 Å². The zero-order valence-corrected chi connectivity index (χ0v) is 12.5. The summed E-state index contributed by atoms with van der Waals surface area (Å²) in [5.74, 6) is 0. The summed E-state index contributed by atoms with van der Waals surface area (Å²) in [5.41, 5.74) is 7.29. The Morgan fingerprint density at radius 1 is 1.15 bits per heavy atom. The van der Waals surface area contributed by atoms with E-state index in [-0.39, 0.29) is 11.4 Å². The average Bonchev–Trinajstić information content (AvgIpc) is 2.43. The molecular formula is C14H15ClN2O2S. The van der Waals surface area contributed by atoms with Crippen molar-refractivity contribution in [1.29, 1.82) is 0 Å². The molecule has 0 fully saturated rings. The van der Waals surface area contributed by atoms with Gasteiger partial charge in [0.15, 0.2) is 0 Å². The fraction of sp³-hybridized carbons (Fsp3) is 0.143. The van der Waals surface area contributed by atoms with Crippen molar-refractivity contribution in [1.82, 2.24) is 0 Å². The number of hydrogen-bond acceptors (Lipinski definition) is 3. The van der Waals surface area contributed by atoms with Gasteiger partial charge in [-0.25, -0.2) is 8.42 Å². The van der Waals surface area contributed by atoms with Gasteiger partial charge in [0, 0.05) is 6.54 Å². The van der Waals surface area contributed by atoms with Gasteiger partial charge < -0.3 is 5.73 Å². The number of hydrogen-bond donors (Lipinski definition) is 2. The number of sulfonamides is 1. The van der Waals surface area contributed by atoms with Crippen LogP contribution >= 0.6 is 11.6 Å². The van der Waals surface area contributed by atoms with E-state index in [0.717, 1.165) is 5.56 Å². The molecule has 0 atom stereocenters. The molecular weight excluding hydrogens is 296 g/mol. The molecule has 2 aromatic carbocycles. The summed E-state index contributed by atoms with van der Waals surface area (Å²) in [7, 11) is -3.72. The van der Waals surface area contributed by atoms with Crippen molar-refractivity contribution in [3.05, 3.63) is 58.6 Å². The molecule has 0 amide bonds. The van der Waals surface area contributed by atoms with Crippen LogP contribution in [0, 0.1) is 6.92 Å². The summed E-state index contributed by atoms with van der Waals surface area (Å²) >= 11 is 6.05. The monoisotopic (exact) mass is 310 g/mol. The molecule has 3 N–H and O–H groups in total. The van der Waals surface area contributed by atoms with Crippen LogP contribution in [0.2, 0.25) is 5.02 Å². The van der Waals surface area contributed by atoms with Gasteiger partial charge in [0.05, 0.1) is 15.6 Å². The Balaban J connectivity index is 2.47. The van der Waals surface area contributed by atoms with Gasteiger partial charge in [-0.15, -0.1) is 0 Å². The van der Waals surface area contributed by atoms with Gasteiger partial charge in [-0.05, 0) is 30.2 Å². The van der Waals surface area contributed by atoms with Crippen LogP contribution in [0.15, 0.2) is 47.4 Å². The molecule has 0 aromatic heterocycles. The van der Waals surface area contributed by atoms with Crippen molar-refractivity contribution < 1.29 is 8.42 Å². The highest BCUT2D eigenvalue weighted by Gasteiger charge is 2.19. The zero-order chi connectivity index (χ0) is 14.8. The molecule has 2 rings (SSSR count). The smallest absolute Gasteiger partial charge is 0.262 e. The lowest BCUT2D eigenvalue weighted by atomic mass is 10.2. The molecule has 0 aliphatic heterocycles.